The van der Waals surface area contributed by atoms with Crippen LogP contribution < -0.4 is 10.9 Å². The van der Waals surface area contributed by atoms with E-state index < -0.39 is 0 Å². The van der Waals surface area contributed by atoms with Gasteiger partial charge >= 0.3 is 0 Å². The Balaban J connectivity index is 1.88. The lowest BCUT2D eigenvalue weighted by Crippen LogP contribution is -2.29. The predicted octanol–water partition coefficient (Wildman–Crippen LogP) is 2.52. The number of nitrogens with one attached hydrogen (secondary N) is 1. The van der Waals surface area contributed by atoms with Crippen molar-refractivity contribution in [1.82, 2.24) is 14.9 Å². The summed E-state index contributed by atoms with van der Waals surface area (Å²) in [6, 6.07) is 13.9. The highest BCUT2D eigenvalue weighted by Crippen LogP contribution is 2.14. The summed E-state index contributed by atoms with van der Waals surface area (Å²) in [5.74, 6) is 0.173. The number of rotatable bonds is 3. The molecule has 0 unspecified atom stereocenters. The number of carbonyl (C=O) groups is 1. The van der Waals surface area contributed by atoms with E-state index in [0.29, 0.717) is 27.3 Å². The number of hydrogen-bond acceptors (Lipinski definition) is 3. The van der Waals surface area contributed by atoms with E-state index in [4.69, 9.17) is 11.6 Å². The predicted molar refractivity (Wildman–Crippen MR) is 89.6 cm³/mol. The van der Waals surface area contributed by atoms with Gasteiger partial charge in [0.1, 0.15) is 5.82 Å². The highest BCUT2D eigenvalue weighted by atomic mass is 35.5. The van der Waals surface area contributed by atoms with Gasteiger partial charge in [0.25, 0.3) is 11.5 Å². The first-order chi connectivity index (χ1) is 11.1. The van der Waals surface area contributed by atoms with E-state index in [1.54, 1.807) is 49.5 Å². The van der Waals surface area contributed by atoms with Crippen molar-refractivity contribution >= 4 is 28.4 Å². The molecule has 0 bridgehead atoms. The van der Waals surface area contributed by atoms with E-state index in [2.05, 4.69) is 10.3 Å². The average Bonchev–Trinajstić information content (AvgIpc) is 2.57. The molecule has 6 heteroatoms. The molecule has 0 spiro atoms. The van der Waals surface area contributed by atoms with Gasteiger partial charge in [-0.2, -0.15) is 0 Å². The molecule has 3 aromatic rings. The zero-order valence-corrected chi connectivity index (χ0v) is 13.2. The molecule has 0 saturated carbocycles. The van der Waals surface area contributed by atoms with Gasteiger partial charge in [0.15, 0.2) is 0 Å². The van der Waals surface area contributed by atoms with Crippen molar-refractivity contribution in [2.75, 3.05) is 0 Å². The maximum Gasteiger partial charge on any atom is 0.261 e. The monoisotopic (exact) mass is 327 g/mol. The normalized spacial score (nSPS) is 10.7. The van der Waals surface area contributed by atoms with Crippen LogP contribution in [0.3, 0.4) is 0 Å². The Labute approximate surface area is 137 Å². The molecule has 2 aromatic carbocycles. The van der Waals surface area contributed by atoms with Crippen LogP contribution in [0.1, 0.15) is 16.2 Å². The van der Waals surface area contributed by atoms with Gasteiger partial charge in [-0.05, 0) is 24.3 Å². The molecular formula is C17H14ClN3O2. The van der Waals surface area contributed by atoms with Crippen LogP contribution in [0.15, 0.2) is 53.3 Å². The van der Waals surface area contributed by atoms with E-state index in [9.17, 15) is 9.59 Å². The number of halogens is 1. The first kappa shape index (κ1) is 15.2. The lowest BCUT2D eigenvalue weighted by molar-refractivity contribution is 0.0949. The van der Waals surface area contributed by atoms with Crippen LogP contribution in [0.5, 0.6) is 0 Å². The standard InChI is InChI=1S/C17H14ClN3O2/c1-21-15(20-14-9-5-3-7-12(14)17(21)23)10-19-16(22)11-6-2-4-8-13(11)18/h2-9H,10H2,1H3,(H,19,22). The zero-order valence-electron chi connectivity index (χ0n) is 12.4. The van der Waals surface area contributed by atoms with E-state index in [1.165, 1.54) is 4.57 Å². The van der Waals surface area contributed by atoms with Gasteiger partial charge in [-0.3, -0.25) is 14.2 Å². The first-order valence-corrected chi connectivity index (χ1v) is 7.43. The number of aromatic nitrogens is 2. The molecular weight excluding hydrogens is 314 g/mol. The highest BCUT2D eigenvalue weighted by molar-refractivity contribution is 6.33. The Morgan fingerprint density at radius 2 is 1.87 bits per heavy atom. The van der Waals surface area contributed by atoms with Crippen LogP contribution in [-0.4, -0.2) is 15.5 Å². The van der Waals surface area contributed by atoms with E-state index in [0.717, 1.165) is 0 Å². The Hall–Kier alpha value is -2.66. The minimum absolute atomic E-state index is 0.140. The van der Waals surface area contributed by atoms with Crippen molar-refractivity contribution < 1.29 is 4.79 Å². The summed E-state index contributed by atoms with van der Waals surface area (Å²) in [5, 5.41) is 3.68. The van der Waals surface area contributed by atoms with Gasteiger partial charge in [-0.1, -0.05) is 35.9 Å². The molecule has 23 heavy (non-hydrogen) atoms. The third-order valence-electron chi connectivity index (χ3n) is 3.60. The second kappa shape index (κ2) is 6.22. The Kier molecular flexibility index (Phi) is 4.12. The molecule has 0 aliphatic rings. The first-order valence-electron chi connectivity index (χ1n) is 7.05. The van der Waals surface area contributed by atoms with Crippen LogP contribution >= 0.6 is 11.6 Å². The Morgan fingerprint density at radius 3 is 2.65 bits per heavy atom. The van der Waals surface area contributed by atoms with Crippen molar-refractivity contribution in [2.24, 2.45) is 7.05 Å². The molecule has 0 saturated heterocycles. The van der Waals surface area contributed by atoms with E-state index >= 15 is 0 Å². The number of para-hydroxylation sites is 1. The van der Waals surface area contributed by atoms with Gasteiger partial charge in [-0.25, -0.2) is 4.98 Å². The summed E-state index contributed by atoms with van der Waals surface area (Å²) in [7, 11) is 1.64. The number of amides is 1. The highest BCUT2D eigenvalue weighted by Gasteiger charge is 2.12. The average molecular weight is 328 g/mol. The largest absolute Gasteiger partial charge is 0.345 e. The SMILES string of the molecule is Cn1c(CNC(=O)c2ccccc2Cl)nc2ccccc2c1=O. The number of fused-ring (bicyclic) bond motifs is 1. The van der Waals surface area contributed by atoms with Gasteiger partial charge in [-0.15, -0.1) is 0 Å². The third-order valence-corrected chi connectivity index (χ3v) is 3.93. The van der Waals surface area contributed by atoms with E-state index in [-0.39, 0.29) is 18.0 Å². The fourth-order valence-electron chi connectivity index (χ4n) is 2.32. The minimum atomic E-state index is -0.307. The molecule has 0 fully saturated rings. The number of benzene rings is 2. The number of nitrogens with zero attached hydrogens (tertiary/aromatic N) is 2. The number of hydrogen-bond donors (Lipinski definition) is 1. The maximum atomic E-state index is 12.3. The smallest absolute Gasteiger partial charge is 0.261 e. The molecule has 0 aliphatic carbocycles. The minimum Gasteiger partial charge on any atom is -0.345 e. The zero-order chi connectivity index (χ0) is 16.4. The Bertz CT molecular complexity index is 950. The molecule has 0 aliphatic heterocycles. The van der Waals surface area contributed by atoms with Gasteiger partial charge < -0.3 is 5.32 Å². The summed E-state index contributed by atoms with van der Waals surface area (Å²) in [6.07, 6.45) is 0. The summed E-state index contributed by atoms with van der Waals surface area (Å²) in [5.41, 5.74) is 0.857. The van der Waals surface area contributed by atoms with Crippen molar-refractivity contribution in [3.63, 3.8) is 0 Å². The van der Waals surface area contributed by atoms with Gasteiger partial charge in [0, 0.05) is 7.05 Å². The van der Waals surface area contributed by atoms with Crippen molar-refractivity contribution in [1.29, 1.82) is 0 Å². The van der Waals surface area contributed by atoms with Crippen LogP contribution in [0, 0.1) is 0 Å². The number of carbonyl (C=O) groups excluding carboxylic acids is 1. The molecule has 0 radical (unpaired) electrons. The summed E-state index contributed by atoms with van der Waals surface area (Å²) < 4.78 is 1.44. The van der Waals surface area contributed by atoms with Gasteiger partial charge in [0.05, 0.1) is 28.0 Å². The maximum absolute atomic E-state index is 12.3. The molecule has 1 N–H and O–H groups in total. The second-order valence-electron chi connectivity index (χ2n) is 5.07. The second-order valence-corrected chi connectivity index (χ2v) is 5.48. The van der Waals surface area contributed by atoms with Gasteiger partial charge in [0.2, 0.25) is 0 Å². The topological polar surface area (TPSA) is 64.0 Å². The molecule has 1 heterocycles. The Morgan fingerprint density at radius 1 is 1.17 bits per heavy atom. The summed E-state index contributed by atoms with van der Waals surface area (Å²) in [6.45, 7) is 0.140. The molecule has 5 nitrogen and oxygen atoms in total. The fraction of sp³-hybridized carbons (Fsp3) is 0.118. The molecule has 1 amide bonds. The fourth-order valence-corrected chi connectivity index (χ4v) is 2.54. The third kappa shape index (κ3) is 2.96. The summed E-state index contributed by atoms with van der Waals surface area (Å²) >= 11 is 6.00. The van der Waals surface area contributed by atoms with Crippen molar-refractivity contribution in [3.05, 3.63) is 75.3 Å². The lowest BCUT2D eigenvalue weighted by Gasteiger charge is -2.10. The van der Waals surface area contributed by atoms with Crippen LogP contribution in [0.4, 0.5) is 0 Å². The molecule has 1 aromatic heterocycles. The van der Waals surface area contributed by atoms with E-state index in [1.807, 2.05) is 6.07 Å². The molecule has 3 rings (SSSR count). The van der Waals surface area contributed by atoms with Crippen molar-refractivity contribution in [3.8, 4) is 0 Å². The lowest BCUT2D eigenvalue weighted by atomic mass is 10.2. The van der Waals surface area contributed by atoms with Crippen molar-refractivity contribution in [2.45, 2.75) is 6.54 Å². The molecule has 116 valence electrons. The molecule has 0 atom stereocenters. The van der Waals surface area contributed by atoms with Crippen LogP contribution in [0.2, 0.25) is 5.02 Å². The summed E-state index contributed by atoms with van der Waals surface area (Å²) in [4.78, 5) is 28.9. The van der Waals surface area contributed by atoms with Crippen LogP contribution in [0.25, 0.3) is 10.9 Å². The van der Waals surface area contributed by atoms with Crippen LogP contribution in [-0.2, 0) is 13.6 Å². The quantitative estimate of drug-likeness (QED) is 0.804.